The van der Waals surface area contributed by atoms with Crippen LogP contribution in [0, 0.1) is 0 Å². The lowest BCUT2D eigenvalue weighted by atomic mass is 10.0. The largest absolute Gasteiger partial charge is 0.379 e. The van der Waals surface area contributed by atoms with Gasteiger partial charge in [0.15, 0.2) is 5.82 Å². The van der Waals surface area contributed by atoms with Crippen LogP contribution in [0.2, 0.25) is 0 Å². The van der Waals surface area contributed by atoms with Crippen LogP contribution in [0.25, 0.3) is 0 Å². The number of nitrogens with zero attached hydrogens (tertiary/aromatic N) is 2. The Kier molecular flexibility index (Phi) is 2.82. The average molecular weight is 259 g/mol. The molecular formula is C11H15F2N3O2. The highest BCUT2D eigenvalue weighted by molar-refractivity contribution is 5.06. The third kappa shape index (κ3) is 2.12. The summed E-state index contributed by atoms with van der Waals surface area (Å²) < 4.78 is 36.6. The van der Waals surface area contributed by atoms with Gasteiger partial charge >= 0.3 is 0 Å². The second kappa shape index (κ2) is 4.24. The van der Waals surface area contributed by atoms with Gasteiger partial charge in [0.1, 0.15) is 0 Å². The Labute approximate surface area is 103 Å². The molecule has 1 aromatic rings. The van der Waals surface area contributed by atoms with Crippen LogP contribution in [0.4, 0.5) is 8.78 Å². The number of nitrogens with two attached hydrogens (primary N) is 1. The Morgan fingerprint density at radius 1 is 1.33 bits per heavy atom. The van der Waals surface area contributed by atoms with Crippen LogP contribution in [0.5, 0.6) is 0 Å². The lowest BCUT2D eigenvalue weighted by molar-refractivity contribution is 0.00749. The molecule has 3 unspecified atom stereocenters. The van der Waals surface area contributed by atoms with Crippen molar-refractivity contribution < 1.29 is 18.0 Å². The van der Waals surface area contributed by atoms with Crippen molar-refractivity contribution in [3.8, 4) is 0 Å². The van der Waals surface area contributed by atoms with E-state index < -0.39 is 5.92 Å². The number of alkyl halides is 2. The fraction of sp³-hybridized carbons (Fsp3) is 0.818. The fourth-order valence-electron chi connectivity index (χ4n) is 2.56. The second-order valence-electron chi connectivity index (χ2n) is 5.09. The highest BCUT2D eigenvalue weighted by atomic mass is 19.3. The molecule has 1 saturated carbocycles. The van der Waals surface area contributed by atoms with Crippen molar-refractivity contribution >= 4 is 0 Å². The molecule has 0 spiro atoms. The third-order valence-electron chi connectivity index (χ3n) is 3.67. The fourth-order valence-corrected chi connectivity index (χ4v) is 2.56. The smallest absolute Gasteiger partial charge is 0.248 e. The van der Waals surface area contributed by atoms with Crippen molar-refractivity contribution in [1.82, 2.24) is 10.1 Å². The van der Waals surface area contributed by atoms with E-state index in [1.807, 2.05) is 0 Å². The van der Waals surface area contributed by atoms with E-state index in [-0.39, 0.29) is 30.7 Å². The molecule has 18 heavy (non-hydrogen) atoms. The van der Waals surface area contributed by atoms with Gasteiger partial charge in [-0.25, -0.2) is 8.78 Å². The average Bonchev–Trinajstić information content (AvgIpc) is 2.97. The van der Waals surface area contributed by atoms with E-state index >= 15 is 0 Å². The molecule has 1 aliphatic heterocycles. The van der Waals surface area contributed by atoms with E-state index in [0.717, 1.165) is 0 Å². The van der Waals surface area contributed by atoms with Crippen LogP contribution in [0.1, 0.15) is 42.8 Å². The molecule has 2 fully saturated rings. The van der Waals surface area contributed by atoms with Crippen LogP contribution in [-0.2, 0) is 4.74 Å². The lowest BCUT2D eigenvalue weighted by Crippen LogP contribution is -2.27. The van der Waals surface area contributed by atoms with Crippen LogP contribution >= 0.6 is 0 Å². The minimum atomic E-state index is -2.60. The maximum Gasteiger partial charge on any atom is 0.248 e. The van der Waals surface area contributed by atoms with E-state index in [2.05, 4.69) is 10.1 Å². The molecule has 2 N–H and O–H groups in total. The number of hydrogen-bond donors (Lipinski definition) is 1. The number of aromatic nitrogens is 2. The van der Waals surface area contributed by atoms with Gasteiger partial charge in [-0.15, -0.1) is 0 Å². The summed E-state index contributed by atoms with van der Waals surface area (Å²) in [5.74, 6) is -2.24. The van der Waals surface area contributed by atoms with Crippen LogP contribution < -0.4 is 5.73 Å². The zero-order chi connectivity index (χ0) is 12.8. The number of hydrogen-bond acceptors (Lipinski definition) is 5. The summed E-state index contributed by atoms with van der Waals surface area (Å²) in [6.45, 7) is 0.910. The zero-order valence-electron chi connectivity index (χ0n) is 9.81. The minimum Gasteiger partial charge on any atom is -0.379 e. The topological polar surface area (TPSA) is 74.2 Å². The van der Waals surface area contributed by atoms with E-state index in [1.165, 1.54) is 0 Å². The normalized spacial score (nSPS) is 35.2. The molecule has 1 aliphatic carbocycles. The maximum atomic E-state index is 13.1. The van der Waals surface area contributed by atoms with Gasteiger partial charge in [-0.3, -0.25) is 0 Å². The first-order valence-electron chi connectivity index (χ1n) is 6.10. The molecule has 0 amide bonds. The second-order valence-corrected chi connectivity index (χ2v) is 5.09. The quantitative estimate of drug-likeness (QED) is 0.869. The zero-order valence-corrected chi connectivity index (χ0v) is 9.81. The summed E-state index contributed by atoms with van der Waals surface area (Å²) in [5.41, 5.74) is 5.84. The van der Waals surface area contributed by atoms with Crippen molar-refractivity contribution in [3.63, 3.8) is 0 Å². The Hall–Kier alpha value is -1.08. The third-order valence-corrected chi connectivity index (χ3v) is 3.67. The standard InChI is InChI=1S/C11H15F2N3O2/c12-11(13)2-1-6(3-11)9-15-10(18-16-9)7-4-17-5-8(7)14/h6-8H,1-5,14H2. The van der Waals surface area contributed by atoms with Crippen LogP contribution in [0.15, 0.2) is 4.52 Å². The van der Waals surface area contributed by atoms with E-state index in [1.54, 1.807) is 0 Å². The molecule has 1 aromatic heterocycles. The van der Waals surface area contributed by atoms with Gasteiger partial charge < -0.3 is 15.0 Å². The van der Waals surface area contributed by atoms with Gasteiger partial charge in [0.25, 0.3) is 0 Å². The van der Waals surface area contributed by atoms with Crippen molar-refractivity contribution in [2.24, 2.45) is 5.73 Å². The van der Waals surface area contributed by atoms with Crippen molar-refractivity contribution in [2.75, 3.05) is 13.2 Å². The molecule has 100 valence electrons. The maximum absolute atomic E-state index is 13.1. The predicted octanol–water partition coefficient (Wildman–Crippen LogP) is 1.41. The summed E-state index contributed by atoms with van der Waals surface area (Å²) in [5, 5.41) is 3.81. The predicted molar refractivity (Wildman–Crippen MR) is 57.4 cm³/mol. The molecule has 3 atom stereocenters. The van der Waals surface area contributed by atoms with Gasteiger partial charge in [0, 0.05) is 24.8 Å². The van der Waals surface area contributed by atoms with Crippen molar-refractivity contribution in [1.29, 1.82) is 0 Å². The highest BCUT2D eigenvalue weighted by Crippen LogP contribution is 2.43. The molecule has 0 radical (unpaired) electrons. The molecule has 0 aromatic carbocycles. The van der Waals surface area contributed by atoms with Crippen LogP contribution in [-0.4, -0.2) is 35.3 Å². The summed E-state index contributed by atoms with van der Waals surface area (Å²) in [4.78, 5) is 4.22. The molecule has 3 rings (SSSR count). The summed E-state index contributed by atoms with van der Waals surface area (Å²) in [7, 11) is 0. The molecule has 5 nitrogen and oxygen atoms in total. The molecule has 0 bridgehead atoms. The van der Waals surface area contributed by atoms with Gasteiger partial charge in [-0.2, -0.15) is 4.98 Å². The van der Waals surface area contributed by atoms with Gasteiger partial charge in [-0.05, 0) is 6.42 Å². The first-order chi connectivity index (χ1) is 8.55. The SMILES string of the molecule is NC1COCC1c1nc(C2CCC(F)(F)C2)no1. The Balaban J connectivity index is 1.74. The van der Waals surface area contributed by atoms with Crippen molar-refractivity contribution in [3.05, 3.63) is 11.7 Å². The van der Waals surface area contributed by atoms with Gasteiger partial charge in [-0.1, -0.05) is 5.16 Å². The number of rotatable bonds is 2. The molecule has 2 aliphatic rings. The molecule has 1 saturated heterocycles. The highest BCUT2D eigenvalue weighted by Gasteiger charge is 2.42. The van der Waals surface area contributed by atoms with Crippen molar-refractivity contribution in [2.45, 2.75) is 43.1 Å². The first kappa shape index (κ1) is 12.0. The number of halogens is 2. The lowest BCUT2D eigenvalue weighted by Gasteiger charge is -2.07. The number of ether oxygens (including phenoxy) is 1. The monoisotopic (exact) mass is 259 g/mol. The summed E-state index contributed by atoms with van der Waals surface area (Å²) >= 11 is 0. The van der Waals surface area contributed by atoms with Crippen LogP contribution in [0.3, 0.4) is 0 Å². The summed E-state index contributed by atoms with van der Waals surface area (Å²) in [6.07, 6.45) is 0.103. The Bertz CT molecular complexity index is 438. The Morgan fingerprint density at radius 2 is 2.17 bits per heavy atom. The van der Waals surface area contributed by atoms with E-state index in [0.29, 0.717) is 31.3 Å². The molecular weight excluding hydrogens is 244 g/mol. The van der Waals surface area contributed by atoms with E-state index in [4.69, 9.17) is 15.0 Å². The van der Waals surface area contributed by atoms with Gasteiger partial charge in [0.05, 0.1) is 19.1 Å². The van der Waals surface area contributed by atoms with Gasteiger partial charge in [0.2, 0.25) is 11.8 Å². The molecule has 7 heteroatoms. The Morgan fingerprint density at radius 3 is 2.78 bits per heavy atom. The minimum absolute atomic E-state index is 0.104. The summed E-state index contributed by atoms with van der Waals surface area (Å²) in [6, 6.07) is -0.164. The first-order valence-corrected chi connectivity index (χ1v) is 6.10. The van der Waals surface area contributed by atoms with E-state index in [9.17, 15) is 8.78 Å². The molecule has 2 heterocycles.